The van der Waals surface area contributed by atoms with Gasteiger partial charge in [-0.3, -0.25) is 9.59 Å². The first kappa shape index (κ1) is 18.5. The molecule has 3 aromatic rings. The number of carbonyl (C=O) groups excluding carboxylic acids is 2. The maximum atomic E-state index is 13.9. The van der Waals surface area contributed by atoms with Crippen molar-refractivity contribution >= 4 is 17.4 Å². The van der Waals surface area contributed by atoms with E-state index in [0.717, 1.165) is 5.56 Å². The average molecular weight is 361 g/mol. The van der Waals surface area contributed by atoms with E-state index in [1.54, 1.807) is 55.5 Å². The molecule has 1 amide bonds. The number of aryl methyl sites for hydroxylation is 1. The van der Waals surface area contributed by atoms with Crippen molar-refractivity contribution in [3.05, 3.63) is 101 Å². The van der Waals surface area contributed by atoms with Gasteiger partial charge in [-0.15, -0.1) is 0 Å². The average Bonchev–Trinajstić information content (AvgIpc) is 2.70. The number of anilines is 1. The summed E-state index contributed by atoms with van der Waals surface area (Å²) in [5.74, 6) is -1.44. The van der Waals surface area contributed by atoms with Gasteiger partial charge in [0, 0.05) is 11.1 Å². The van der Waals surface area contributed by atoms with Crippen LogP contribution < -0.4 is 5.32 Å². The van der Waals surface area contributed by atoms with Crippen LogP contribution in [0, 0.1) is 12.7 Å². The monoisotopic (exact) mass is 361 g/mol. The van der Waals surface area contributed by atoms with Gasteiger partial charge in [0.25, 0.3) is 0 Å². The van der Waals surface area contributed by atoms with Crippen molar-refractivity contribution in [3.8, 4) is 0 Å². The number of halogens is 1. The van der Waals surface area contributed by atoms with Crippen LogP contribution in [0.3, 0.4) is 0 Å². The first-order valence-corrected chi connectivity index (χ1v) is 8.72. The Hall–Kier alpha value is -3.27. The summed E-state index contributed by atoms with van der Waals surface area (Å²) in [6.07, 6.45) is 0. The van der Waals surface area contributed by atoms with E-state index in [9.17, 15) is 14.0 Å². The summed E-state index contributed by atoms with van der Waals surface area (Å²) >= 11 is 0. The third-order valence-corrected chi connectivity index (χ3v) is 4.46. The van der Waals surface area contributed by atoms with E-state index in [1.807, 2.05) is 25.1 Å². The van der Waals surface area contributed by atoms with Crippen molar-refractivity contribution in [1.29, 1.82) is 0 Å². The van der Waals surface area contributed by atoms with Crippen LogP contribution >= 0.6 is 0 Å². The summed E-state index contributed by atoms with van der Waals surface area (Å²) in [4.78, 5) is 25.2. The largest absolute Gasteiger partial charge is 0.323 e. The molecule has 0 aliphatic rings. The lowest BCUT2D eigenvalue weighted by molar-refractivity contribution is -0.117. The number of benzene rings is 3. The van der Waals surface area contributed by atoms with Crippen LogP contribution in [0.5, 0.6) is 0 Å². The van der Waals surface area contributed by atoms with Gasteiger partial charge in [0.05, 0.1) is 11.6 Å². The van der Waals surface area contributed by atoms with E-state index < -0.39 is 11.7 Å². The number of ketones is 1. The Kier molecular flexibility index (Phi) is 5.46. The minimum Gasteiger partial charge on any atom is -0.323 e. The van der Waals surface area contributed by atoms with Gasteiger partial charge in [0.1, 0.15) is 5.82 Å². The molecule has 0 heterocycles. The predicted octanol–water partition coefficient (Wildman–Crippen LogP) is 5.11. The Balaban J connectivity index is 1.80. The van der Waals surface area contributed by atoms with Crippen LogP contribution in [-0.2, 0) is 4.79 Å². The summed E-state index contributed by atoms with van der Waals surface area (Å²) in [5.41, 5.74) is 2.81. The molecule has 0 fully saturated rings. The Morgan fingerprint density at radius 2 is 1.59 bits per heavy atom. The lowest BCUT2D eigenvalue weighted by Gasteiger charge is -2.14. The summed E-state index contributed by atoms with van der Waals surface area (Å²) in [6, 6.07) is 20.5. The highest BCUT2D eigenvalue weighted by molar-refractivity contribution is 6.09. The first-order chi connectivity index (χ1) is 13.0. The number of hydrogen-bond acceptors (Lipinski definition) is 2. The first-order valence-electron chi connectivity index (χ1n) is 8.72. The molecule has 0 bridgehead atoms. The third kappa shape index (κ3) is 4.29. The molecule has 3 aromatic carbocycles. The molecule has 0 aliphatic carbocycles. The molecule has 0 aromatic heterocycles. The van der Waals surface area contributed by atoms with Crippen molar-refractivity contribution in [2.45, 2.75) is 19.8 Å². The molecular weight excluding hydrogens is 341 g/mol. The van der Waals surface area contributed by atoms with Crippen molar-refractivity contribution in [2.24, 2.45) is 0 Å². The third-order valence-electron chi connectivity index (χ3n) is 4.46. The van der Waals surface area contributed by atoms with Crippen molar-refractivity contribution in [2.75, 3.05) is 5.32 Å². The van der Waals surface area contributed by atoms with Crippen molar-refractivity contribution in [1.82, 2.24) is 0 Å². The molecule has 1 atom stereocenters. The Labute approximate surface area is 157 Å². The molecule has 0 radical (unpaired) electrons. The van der Waals surface area contributed by atoms with E-state index in [0.29, 0.717) is 16.7 Å². The topological polar surface area (TPSA) is 46.2 Å². The van der Waals surface area contributed by atoms with E-state index >= 15 is 0 Å². The Bertz CT molecular complexity index is 983. The zero-order valence-corrected chi connectivity index (χ0v) is 15.2. The SMILES string of the molecule is Cc1ccc(F)c(NC(=O)[C@@H](C)c2cccc(C(=O)c3ccccc3)c2)c1. The second kappa shape index (κ2) is 7.96. The maximum absolute atomic E-state index is 13.9. The lowest BCUT2D eigenvalue weighted by atomic mass is 9.95. The van der Waals surface area contributed by atoms with E-state index in [4.69, 9.17) is 0 Å². The van der Waals surface area contributed by atoms with Gasteiger partial charge < -0.3 is 5.32 Å². The highest BCUT2D eigenvalue weighted by atomic mass is 19.1. The standard InChI is InChI=1S/C23H20FNO2/c1-15-11-12-20(24)21(13-15)25-23(27)16(2)18-9-6-10-19(14-18)22(26)17-7-4-3-5-8-17/h3-14,16H,1-2H3,(H,25,27)/t16-/m0/s1. The number of carbonyl (C=O) groups is 2. The zero-order valence-electron chi connectivity index (χ0n) is 15.2. The number of hydrogen-bond donors (Lipinski definition) is 1. The van der Waals surface area contributed by atoms with Gasteiger partial charge in [-0.05, 0) is 43.2 Å². The number of rotatable bonds is 5. The van der Waals surface area contributed by atoms with Crippen LogP contribution in [-0.4, -0.2) is 11.7 Å². The van der Waals surface area contributed by atoms with Crippen LogP contribution in [0.1, 0.15) is 39.9 Å². The van der Waals surface area contributed by atoms with E-state index in [1.165, 1.54) is 6.07 Å². The lowest BCUT2D eigenvalue weighted by Crippen LogP contribution is -2.20. The summed E-state index contributed by atoms with van der Waals surface area (Å²) in [6.45, 7) is 3.56. The smallest absolute Gasteiger partial charge is 0.231 e. The van der Waals surface area contributed by atoms with Gasteiger partial charge in [0.2, 0.25) is 5.91 Å². The van der Waals surface area contributed by atoms with Crippen molar-refractivity contribution < 1.29 is 14.0 Å². The molecular formula is C23H20FNO2. The fourth-order valence-electron chi connectivity index (χ4n) is 2.83. The normalized spacial score (nSPS) is 11.7. The molecule has 0 aliphatic heterocycles. The van der Waals surface area contributed by atoms with E-state index in [-0.39, 0.29) is 17.4 Å². The molecule has 0 saturated heterocycles. The predicted molar refractivity (Wildman–Crippen MR) is 104 cm³/mol. The molecule has 0 unspecified atom stereocenters. The van der Waals surface area contributed by atoms with Gasteiger partial charge in [-0.1, -0.05) is 54.6 Å². The number of amides is 1. The molecule has 136 valence electrons. The summed E-state index contributed by atoms with van der Waals surface area (Å²) in [5, 5.41) is 2.63. The minimum atomic E-state index is -0.534. The van der Waals surface area contributed by atoms with Crippen LogP contribution in [0.2, 0.25) is 0 Å². The molecule has 4 heteroatoms. The zero-order chi connectivity index (χ0) is 19.4. The summed E-state index contributed by atoms with van der Waals surface area (Å²) in [7, 11) is 0. The van der Waals surface area contributed by atoms with E-state index in [2.05, 4.69) is 5.32 Å². The Morgan fingerprint density at radius 1 is 0.889 bits per heavy atom. The highest BCUT2D eigenvalue weighted by Crippen LogP contribution is 2.22. The molecule has 1 N–H and O–H groups in total. The quantitative estimate of drug-likeness (QED) is 0.642. The Morgan fingerprint density at radius 3 is 2.33 bits per heavy atom. The molecule has 27 heavy (non-hydrogen) atoms. The number of nitrogens with one attached hydrogen (secondary N) is 1. The summed E-state index contributed by atoms with van der Waals surface area (Å²) < 4.78 is 13.9. The maximum Gasteiger partial charge on any atom is 0.231 e. The second-order valence-electron chi connectivity index (χ2n) is 6.51. The van der Waals surface area contributed by atoms with Crippen LogP contribution in [0.25, 0.3) is 0 Å². The van der Waals surface area contributed by atoms with Gasteiger partial charge >= 0.3 is 0 Å². The van der Waals surface area contributed by atoms with Gasteiger partial charge in [-0.25, -0.2) is 4.39 Å². The van der Waals surface area contributed by atoms with Crippen LogP contribution in [0.4, 0.5) is 10.1 Å². The van der Waals surface area contributed by atoms with Crippen LogP contribution in [0.15, 0.2) is 72.8 Å². The van der Waals surface area contributed by atoms with Crippen molar-refractivity contribution in [3.63, 3.8) is 0 Å². The molecule has 3 rings (SSSR count). The van der Waals surface area contributed by atoms with Gasteiger partial charge in [-0.2, -0.15) is 0 Å². The van der Waals surface area contributed by atoms with Gasteiger partial charge in [0.15, 0.2) is 5.78 Å². The minimum absolute atomic E-state index is 0.102. The highest BCUT2D eigenvalue weighted by Gasteiger charge is 2.18. The second-order valence-corrected chi connectivity index (χ2v) is 6.51. The molecule has 0 saturated carbocycles. The fraction of sp³-hybridized carbons (Fsp3) is 0.130. The fourth-order valence-corrected chi connectivity index (χ4v) is 2.83. The molecule has 3 nitrogen and oxygen atoms in total. The molecule has 0 spiro atoms.